The Labute approximate surface area is 159 Å². The van der Waals surface area contributed by atoms with Gasteiger partial charge in [-0.2, -0.15) is 0 Å². The molecule has 0 saturated carbocycles. The lowest BCUT2D eigenvalue weighted by Crippen LogP contribution is -2.50. The number of aryl methyl sites for hydroxylation is 1. The van der Waals surface area contributed by atoms with Crippen molar-refractivity contribution >= 4 is 11.8 Å². The Balaban J connectivity index is 1.52. The lowest BCUT2D eigenvalue weighted by molar-refractivity contribution is -0.133. The van der Waals surface area contributed by atoms with Crippen LogP contribution in [0.3, 0.4) is 0 Å². The van der Waals surface area contributed by atoms with E-state index in [0.29, 0.717) is 38.2 Å². The summed E-state index contributed by atoms with van der Waals surface area (Å²) in [5.41, 5.74) is 2.76. The van der Waals surface area contributed by atoms with E-state index in [1.165, 1.54) is 12.1 Å². The number of amides is 2. The van der Waals surface area contributed by atoms with Crippen molar-refractivity contribution in [2.45, 2.75) is 26.2 Å². The van der Waals surface area contributed by atoms with Crippen molar-refractivity contribution in [2.75, 3.05) is 26.2 Å². The van der Waals surface area contributed by atoms with E-state index in [4.69, 9.17) is 0 Å². The number of carbonyl (C=O) groups is 2. The van der Waals surface area contributed by atoms with Gasteiger partial charge in [0.25, 0.3) is 5.91 Å². The highest BCUT2D eigenvalue weighted by Gasteiger charge is 2.25. The van der Waals surface area contributed by atoms with Crippen molar-refractivity contribution in [3.8, 4) is 0 Å². The lowest BCUT2D eigenvalue weighted by Gasteiger charge is -2.35. The molecule has 142 valence electrons. The molecule has 2 aromatic carbocycles. The summed E-state index contributed by atoms with van der Waals surface area (Å²) < 4.78 is 13.0. The van der Waals surface area contributed by atoms with Gasteiger partial charge in [0, 0.05) is 38.2 Å². The summed E-state index contributed by atoms with van der Waals surface area (Å²) in [6.07, 6.45) is 0.386. The minimum absolute atomic E-state index is 0.0155. The third kappa shape index (κ3) is 4.73. The Kier molecular flexibility index (Phi) is 5.89. The van der Waals surface area contributed by atoms with Gasteiger partial charge >= 0.3 is 0 Å². The van der Waals surface area contributed by atoms with E-state index in [9.17, 15) is 14.0 Å². The number of hydrogen-bond donors (Lipinski definition) is 0. The topological polar surface area (TPSA) is 40.6 Å². The fraction of sp³-hybridized carbons (Fsp3) is 0.364. The average Bonchev–Trinajstić information content (AvgIpc) is 2.68. The predicted octanol–water partition coefficient (Wildman–Crippen LogP) is 3.61. The minimum Gasteiger partial charge on any atom is -0.339 e. The molecule has 1 aliphatic heterocycles. The Bertz CT molecular complexity index is 794. The predicted molar refractivity (Wildman–Crippen MR) is 103 cm³/mol. The SMILES string of the molecule is Cc1ccc(C(=O)N2CCN(C(=O)CC(C)c3ccc(F)cc3)CC2)cc1. The van der Waals surface area contributed by atoms with Crippen LogP contribution in [0.5, 0.6) is 0 Å². The fourth-order valence-electron chi connectivity index (χ4n) is 3.34. The normalized spacial score (nSPS) is 15.5. The molecule has 27 heavy (non-hydrogen) atoms. The number of halogens is 1. The van der Waals surface area contributed by atoms with Crippen molar-refractivity contribution < 1.29 is 14.0 Å². The van der Waals surface area contributed by atoms with Gasteiger partial charge in [-0.05, 0) is 42.7 Å². The molecular weight excluding hydrogens is 343 g/mol. The molecule has 0 spiro atoms. The molecular formula is C22H25FN2O2. The van der Waals surface area contributed by atoms with Gasteiger partial charge in [0.15, 0.2) is 0 Å². The Morgan fingerprint density at radius 1 is 0.926 bits per heavy atom. The number of rotatable bonds is 4. The van der Waals surface area contributed by atoms with Crippen LogP contribution < -0.4 is 0 Å². The van der Waals surface area contributed by atoms with E-state index < -0.39 is 0 Å². The molecule has 5 heteroatoms. The van der Waals surface area contributed by atoms with Gasteiger partial charge in [-0.3, -0.25) is 9.59 Å². The van der Waals surface area contributed by atoms with E-state index >= 15 is 0 Å². The summed E-state index contributed by atoms with van der Waals surface area (Å²) in [5, 5.41) is 0. The van der Waals surface area contributed by atoms with Gasteiger partial charge in [0.1, 0.15) is 5.82 Å². The molecule has 1 saturated heterocycles. The van der Waals surface area contributed by atoms with Gasteiger partial charge in [-0.1, -0.05) is 36.8 Å². The van der Waals surface area contributed by atoms with Crippen molar-refractivity contribution in [2.24, 2.45) is 0 Å². The first-order valence-corrected chi connectivity index (χ1v) is 9.33. The molecule has 0 radical (unpaired) electrons. The van der Waals surface area contributed by atoms with Crippen LogP contribution in [0, 0.1) is 12.7 Å². The van der Waals surface area contributed by atoms with Crippen LogP contribution >= 0.6 is 0 Å². The van der Waals surface area contributed by atoms with Crippen molar-refractivity contribution in [3.05, 3.63) is 71.0 Å². The van der Waals surface area contributed by atoms with E-state index in [1.807, 2.05) is 43.0 Å². The maximum atomic E-state index is 13.0. The highest BCUT2D eigenvalue weighted by molar-refractivity contribution is 5.94. The molecule has 2 aromatic rings. The highest BCUT2D eigenvalue weighted by atomic mass is 19.1. The van der Waals surface area contributed by atoms with E-state index in [0.717, 1.165) is 11.1 Å². The summed E-state index contributed by atoms with van der Waals surface area (Å²) in [6, 6.07) is 13.9. The quantitative estimate of drug-likeness (QED) is 0.827. The first-order chi connectivity index (χ1) is 12.9. The molecule has 1 unspecified atom stereocenters. The van der Waals surface area contributed by atoms with Crippen molar-refractivity contribution in [1.29, 1.82) is 0 Å². The molecule has 0 bridgehead atoms. The molecule has 1 fully saturated rings. The monoisotopic (exact) mass is 368 g/mol. The van der Waals surface area contributed by atoms with Crippen LogP contribution in [0.2, 0.25) is 0 Å². The van der Waals surface area contributed by atoms with E-state index in [2.05, 4.69) is 0 Å². The summed E-state index contributed by atoms with van der Waals surface area (Å²) in [6.45, 7) is 6.15. The zero-order chi connectivity index (χ0) is 19.4. The second-order valence-electron chi connectivity index (χ2n) is 7.20. The number of carbonyl (C=O) groups excluding carboxylic acids is 2. The van der Waals surface area contributed by atoms with Crippen LogP contribution in [0.1, 0.15) is 40.7 Å². The molecule has 1 atom stereocenters. The molecule has 1 aliphatic rings. The molecule has 0 N–H and O–H groups in total. The van der Waals surface area contributed by atoms with Crippen LogP contribution in [-0.2, 0) is 4.79 Å². The number of benzene rings is 2. The van der Waals surface area contributed by atoms with E-state index in [1.54, 1.807) is 17.0 Å². The summed E-state index contributed by atoms with van der Waals surface area (Å²) >= 11 is 0. The molecule has 1 heterocycles. The number of hydrogen-bond acceptors (Lipinski definition) is 2. The Hall–Kier alpha value is -2.69. The van der Waals surface area contributed by atoms with Gasteiger partial charge in [0.05, 0.1) is 0 Å². The second-order valence-corrected chi connectivity index (χ2v) is 7.20. The first kappa shape index (κ1) is 19.1. The van der Waals surface area contributed by atoms with Crippen molar-refractivity contribution in [3.63, 3.8) is 0 Å². The van der Waals surface area contributed by atoms with Crippen LogP contribution in [-0.4, -0.2) is 47.8 Å². The van der Waals surface area contributed by atoms with Crippen LogP contribution in [0.15, 0.2) is 48.5 Å². The molecule has 0 aliphatic carbocycles. The molecule has 4 nitrogen and oxygen atoms in total. The maximum Gasteiger partial charge on any atom is 0.253 e. The number of nitrogens with zero attached hydrogens (tertiary/aromatic N) is 2. The van der Waals surface area contributed by atoms with Crippen molar-refractivity contribution in [1.82, 2.24) is 9.80 Å². The zero-order valence-corrected chi connectivity index (χ0v) is 15.8. The maximum absolute atomic E-state index is 13.0. The zero-order valence-electron chi connectivity index (χ0n) is 15.8. The van der Waals surface area contributed by atoms with Gasteiger partial charge < -0.3 is 9.80 Å². The smallest absolute Gasteiger partial charge is 0.253 e. The molecule has 3 rings (SSSR count). The minimum atomic E-state index is -0.272. The van der Waals surface area contributed by atoms with Gasteiger partial charge in [-0.25, -0.2) is 4.39 Å². The summed E-state index contributed by atoms with van der Waals surface area (Å²) in [5.74, 6) is -0.145. The fourth-order valence-corrected chi connectivity index (χ4v) is 3.34. The van der Waals surface area contributed by atoms with Crippen LogP contribution in [0.4, 0.5) is 4.39 Å². The average molecular weight is 368 g/mol. The van der Waals surface area contributed by atoms with Crippen LogP contribution in [0.25, 0.3) is 0 Å². The summed E-state index contributed by atoms with van der Waals surface area (Å²) in [7, 11) is 0. The van der Waals surface area contributed by atoms with E-state index in [-0.39, 0.29) is 23.5 Å². The van der Waals surface area contributed by atoms with Gasteiger partial charge in [-0.15, -0.1) is 0 Å². The first-order valence-electron chi connectivity index (χ1n) is 9.33. The third-order valence-electron chi connectivity index (χ3n) is 5.14. The molecule has 0 aromatic heterocycles. The van der Waals surface area contributed by atoms with Gasteiger partial charge in [0.2, 0.25) is 5.91 Å². The number of piperazine rings is 1. The Morgan fingerprint density at radius 3 is 2.07 bits per heavy atom. The standard InChI is InChI=1S/C22H25FN2O2/c1-16-3-5-19(6-4-16)22(27)25-13-11-24(12-14-25)21(26)15-17(2)18-7-9-20(23)10-8-18/h3-10,17H,11-15H2,1-2H3. The lowest BCUT2D eigenvalue weighted by atomic mass is 9.97. The molecule has 2 amide bonds. The highest BCUT2D eigenvalue weighted by Crippen LogP contribution is 2.21. The Morgan fingerprint density at radius 2 is 1.48 bits per heavy atom. The second kappa shape index (κ2) is 8.33. The third-order valence-corrected chi connectivity index (χ3v) is 5.14. The largest absolute Gasteiger partial charge is 0.339 e. The summed E-state index contributed by atoms with van der Waals surface area (Å²) in [4.78, 5) is 28.8.